The van der Waals surface area contributed by atoms with Crippen LogP contribution in [-0.4, -0.2) is 17.3 Å². The number of hydrogen-bond acceptors (Lipinski definition) is 1. The van der Waals surface area contributed by atoms with Crippen molar-refractivity contribution < 1.29 is 4.79 Å². The number of carbonyl (C=O) groups is 1. The first-order valence-corrected chi connectivity index (χ1v) is 7.03. The summed E-state index contributed by atoms with van der Waals surface area (Å²) < 4.78 is 0. The fourth-order valence-electron chi connectivity index (χ4n) is 1.54. The van der Waals surface area contributed by atoms with Gasteiger partial charge in [0, 0.05) is 11.4 Å². The molecule has 1 aromatic carbocycles. The summed E-state index contributed by atoms with van der Waals surface area (Å²) >= 11 is 9.62. The molecule has 0 aliphatic rings. The standard InChI is InChI=1S/C13H17BrClNO/c1-3-5-10(14)8-16-13(17)11-7-4-6-9(2)12(11)15/h4,6-7,10H,3,5,8H2,1-2H3,(H,16,17). The van der Waals surface area contributed by atoms with Crippen molar-refractivity contribution in [2.75, 3.05) is 6.54 Å². The summed E-state index contributed by atoms with van der Waals surface area (Å²) in [6.07, 6.45) is 2.14. The molecule has 94 valence electrons. The average Bonchev–Trinajstić information content (AvgIpc) is 2.30. The van der Waals surface area contributed by atoms with Crippen LogP contribution in [0.5, 0.6) is 0 Å². The lowest BCUT2D eigenvalue weighted by atomic mass is 10.1. The molecule has 0 fully saturated rings. The number of nitrogens with one attached hydrogen (secondary N) is 1. The van der Waals surface area contributed by atoms with Crippen LogP contribution in [0.3, 0.4) is 0 Å². The van der Waals surface area contributed by atoms with Gasteiger partial charge in [0.25, 0.3) is 5.91 Å². The summed E-state index contributed by atoms with van der Waals surface area (Å²) in [7, 11) is 0. The summed E-state index contributed by atoms with van der Waals surface area (Å²) in [6, 6.07) is 5.48. The van der Waals surface area contributed by atoms with Crippen LogP contribution in [0.2, 0.25) is 5.02 Å². The maximum Gasteiger partial charge on any atom is 0.252 e. The van der Waals surface area contributed by atoms with E-state index in [1.54, 1.807) is 6.07 Å². The van der Waals surface area contributed by atoms with E-state index in [9.17, 15) is 4.79 Å². The average molecular weight is 319 g/mol. The van der Waals surface area contributed by atoms with Crippen LogP contribution in [0.4, 0.5) is 0 Å². The molecule has 0 saturated heterocycles. The van der Waals surface area contributed by atoms with Gasteiger partial charge in [-0.1, -0.05) is 53.0 Å². The largest absolute Gasteiger partial charge is 0.351 e. The van der Waals surface area contributed by atoms with E-state index in [1.165, 1.54) is 0 Å². The molecule has 1 rings (SSSR count). The number of hydrogen-bond donors (Lipinski definition) is 1. The van der Waals surface area contributed by atoms with Crippen molar-refractivity contribution in [1.29, 1.82) is 0 Å². The third-order valence-electron chi connectivity index (χ3n) is 2.52. The number of alkyl halides is 1. The van der Waals surface area contributed by atoms with E-state index in [1.807, 2.05) is 19.1 Å². The number of halogens is 2. The molecule has 17 heavy (non-hydrogen) atoms. The van der Waals surface area contributed by atoms with Crippen molar-refractivity contribution >= 4 is 33.4 Å². The van der Waals surface area contributed by atoms with Crippen LogP contribution in [0.15, 0.2) is 18.2 Å². The van der Waals surface area contributed by atoms with Crippen molar-refractivity contribution in [3.05, 3.63) is 34.3 Å². The molecule has 1 amide bonds. The maximum absolute atomic E-state index is 11.9. The van der Waals surface area contributed by atoms with Gasteiger partial charge in [-0.05, 0) is 25.0 Å². The Hall–Kier alpha value is -0.540. The number of carbonyl (C=O) groups excluding carboxylic acids is 1. The number of amides is 1. The highest BCUT2D eigenvalue weighted by Crippen LogP contribution is 2.20. The lowest BCUT2D eigenvalue weighted by molar-refractivity contribution is 0.0953. The minimum absolute atomic E-state index is 0.112. The molecule has 0 radical (unpaired) electrons. The summed E-state index contributed by atoms with van der Waals surface area (Å²) in [6.45, 7) is 4.63. The lowest BCUT2D eigenvalue weighted by Gasteiger charge is -2.11. The predicted octanol–water partition coefficient (Wildman–Crippen LogP) is 3.94. The Morgan fingerprint density at radius 2 is 2.24 bits per heavy atom. The quantitative estimate of drug-likeness (QED) is 0.819. The molecular weight excluding hydrogens is 302 g/mol. The fourth-order valence-corrected chi connectivity index (χ4v) is 2.37. The highest BCUT2D eigenvalue weighted by Gasteiger charge is 2.12. The number of aryl methyl sites for hydroxylation is 1. The van der Waals surface area contributed by atoms with E-state index in [2.05, 4.69) is 28.2 Å². The van der Waals surface area contributed by atoms with Gasteiger partial charge in [-0.15, -0.1) is 0 Å². The van der Waals surface area contributed by atoms with Crippen molar-refractivity contribution in [3.8, 4) is 0 Å². The van der Waals surface area contributed by atoms with E-state index in [-0.39, 0.29) is 5.91 Å². The van der Waals surface area contributed by atoms with Gasteiger partial charge in [-0.2, -0.15) is 0 Å². The van der Waals surface area contributed by atoms with Crippen molar-refractivity contribution in [2.24, 2.45) is 0 Å². The molecule has 0 aromatic heterocycles. The number of benzene rings is 1. The minimum Gasteiger partial charge on any atom is -0.351 e. The lowest BCUT2D eigenvalue weighted by Crippen LogP contribution is -2.29. The first-order valence-electron chi connectivity index (χ1n) is 5.73. The van der Waals surface area contributed by atoms with Crippen LogP contribution in [0, 0.1) is 6.92 Å². The first kappa shape index (κ1) is 14.5. The molecule has 0 aliphatic carbocycles. The Kier molecular flexibility index (Phi) is 6.00. The molecule has 1 atom stereocenters. The third kappa shape index (κ3) is 4.32. The van der Waals surface area contributed by atoms with Gasteiger partial charge < -0.3 is 5.32 Å². The smallest absolute Gasteiger partial charge is 0.252 e. The molecule has 0 bridgehead atoms. The van der Waals surface area contributed by atoms with E-state index in [4.69, 9.17) is 11.6 Å². The molecule has 1 unspecified atom stereocenters. The van der Waals surface area contributed by atoms with Gasteiger partial charge in [0.1, 0.15) is 0 Å². The van der Waals surface area contributed by atoms with Crippen LogP contribution in [0.1, 0.15) is 35.7 Å². The topological polar surface area (TPSA) is 29.1 Å². The molecule has 0 saturated carbocycles. The zero-order valence-electron chi connectivity index (χ0n) is 10.1. The molecule has 2 nitrogen and oxygen atoms in total. The molecule has 1 N–H and O–H groups in total. The van der Waals surface area contributed by atoms with Gasteiger partial charge in [-0.25, -0.2) is 0 Å². The molecule has 0 spiro atoms. The normalized spacial score (nSPS) is 12.2. The Morgan fingerprint density at radius 1 is 1.53 bits per heavy atom. The fraction of sp³-hybridized carbons (Fsp3) is 0.462. The van der Waals surface area contributed by atoms with E-state index >= 15 is 0 Å². The second kappa shape index (κ2) is 7.02. The first-order chi connectivity index (χ1) is 8.06. The van der Waals surface area contributed by atoms with Gasteiger partial charge in [-0.3, -0.25) is 4.79 Å². The summed E-state index contributed by atoms with van der Waals surface area (Å²) in [5.41, 5.74) is 1.46. The SMILES string of the molecule is CCCC(Br)CNC(=O)c1cccc(C)c1Cl. The number of rotatable bonds is 5. The second-order valence-electron chi connectivity index (χ2n) is 4.03. The monoisotopic (exact) mass is 317 g/mol. The van der Waals surface area contributed by atoms with Crippen LogP contribution in [0.25, 0.3) is 0 Å². The summed E-state index contributed by atoms with van der Waals surface area (Å²) in [5.74, 6) is -0.112. The third-order valence-corrected chi connectivity index (χ3v) is 3.81. The molecule has 4 heteroatoms. The van der Waals surface area contributed by atoms with E-state index < -0.39 is 0 Å². The summed E-state index contributed by atoms with van der Waals surface area (Å²) in [5, 5.41) is 3.42. The maximum atomic E-state index is 11.9. The molecule has 1 aromatic rings. The Balaban J connectivity index is 2.61. The van der Waals surface area contributed by atoms with Crippen molar-refractivity contribution in [1.82, 2.24) is 5.32 Å². The van der Waals surface area contributed by atoms with Crippen molar-refractivity contribution in [2.45, 2.75) is 31.5 Å². The van der Waals surface area contributed by atoms with Gasteiger partial charge in [0.05, 0.1) is 10.6 Å². The van der Waals surface area contributed by atoms with Gasteiger partial charge >= 0.3 is 0 Å². The highest BCUT2D eigenvalue weighted by atomic mass is 79.9. The van der Waals surface area contributed by atoms with Crippen LogP contribution in [-0.2, 0) is 0 Å². The van der Waals surface area contributed by atoms with Crippen LogP contribution >= 0.6 is 27.5 Å². The van der Waals surface area contributed by atoms with Gasteiger partial charge in [0.15, 0.2) is 0 Å². The Morgan fingerprint density at radius 3 is 2.88 bits per heavy atom. The van der Waals surface area contributed by atoms with Gasteiger partial charge in [0.2, 0.25) is 0 Å². The molecular formula is C13H17BrClNO. The highest BCUT2D eigenvalue weighted by molar-refractivity contribution is 9.09. The van der Waals surface area contributed by atoms with E-state index in [0.717, 1.165) is 18.4 Å². The van der Waals surface area contributed by atoms with Crippen molar-refractivity contribution in [3.63, 3.8) is 0 Å². The van der Waals surface area contributed by atoms with Crippen LogP contribution < -0.4 is 5.32 Å². The zero-order valence-corrected chi connectivity index (χ0v) is 12.4. The summed E-state index contributed by atoms with van der Waals surface area (Å²) in [4.78, 5) is 12.2. The van der Waals surface area contributed by atoms with E-state index in [0.29, 0.717) is 22.0 Å². The second-order valence-corrected chi connectivity index (χ2v) is 5.71. The molecule has 0 heterocycles. The molecule has 0 aliphatic heterocycles. The zero-order chi connectivity index (χ0) is 12.8. The minimum atomic E-state index is -0.112. The Bertz CT molecular complexity index is 395. The Labute approximate surface area is 116 Å². The predicted molar refractivity (Wildman–Crippen MR) is 76.1 cm³/mol.